The van der Waals surface area contributed by atoms with Gasteiger partial charge in [-0.2, -0.15) is 0 Å². The molecule has 1 aromatic heterocycles. The first-order chi connectivity index (χ1) is 12.7. The zero-order chi connectivity index (χ0) is 18.1. The van der Waals surface area contributed by atoms with Gasteiger partial charge < -0.3 is 14.2 Å². The molecule has 0 atom stereocenters. The molecule has 0 saturated carbocycles. The smallest absolute Gasteiger partial charge is 0.257 e. The van der Waals surface area contributed by atoms with Crippen molar-refractivity contribution in [1.29, 1.82) is 0 Å². The highest BCUT2D eigenvalue weighted by molar-refractivity contribution is 5.97. The number of methoxy groups -OCH3 is 1. The topological polar surface area (TPSA) is 34.5 Å². The summed E-state index contributed by atoms with van der Waals surface area (Å²) in [6.07, 6.45) is 1.98. The lowest BCUT2D eigenvalue weighted by atomic mass is 9.93. The van der Waals surface area contributed by atoms with E-state index in [4.69, 9.17) is 4.74 Å². The van der Waals surface area contributed by atoms with Gasteiger partial charge in [0.1, 0.15) is 5.75 Å². The Morgan fingerprint density at radius 1 is 1.04 bits per heavy atom. The molecule has 1 fully saturated rings. The molecule has 3 aromatic rings. The molecule has 4 heteroatoms. The molecule has 26 heavy (non-hydrogen) atoms. The zero-order valence-electron chi connectivity index (χ0n) is 15.3. The SMILES string of the molecule is COc1ccccc1C(=O)N1CCC(c2cc3ccccc3n2C)CC1. The zero-order valence-corrected chi connectivity index (χ0v) is 15.3. The summed E-state index contributed by atoms with van der Waals surface area (Å²) in [5.41, 5.74) is 3.30. The van der Waals surface area contributed by atoms with Crippen LogP contribution in [0.2, 0.25) is 0 Å². The number of likely N-dealkylation sites (tertiary alicyclic amines) is 1. The minimum Gasteiger partial charge on any atom is -0.496 e. The molecule has 0 bridgehead atoms. The van der Waals surface area contributed by atoms with Crippen LogP contribution in [0.4, 0.5) is 0 Å². The third kappa shape index (κ3) is 2.85. The van der Waals surface area contributed by atoms with Crippen molar-refractivity contribution in [2.45, 2.75) is 18.8 Å². The van der Waals surface area contributed by atoms with Crippen LogP contribution in [-0.2, 0) is 7.05 Å². The van der Waals surface area contributed by atoms with Gasteiger partial charge >= 0.3 is 0 Å². The summed E-state index contributed by atoms with van der Waals surface area (Å²) in [6.45, 7) is 1.56. The molecule has 2 heterocycles. The Hall–Kier alpha value is -2.75. The molecule has 134 valence electrons. The van der Waals surface area contributed by atoms with Crippen LogP contribution < -0.4 is 4.74 Å². The van der Waals surface area contributed by atoms with Crippen LogP contribution in [0.15, 0.2) is 54.6 Å². The van der Waals surface area contributed by atoms with Gasteiger partial charge in [-0.25, -0.2) is 0 Å². The molecular weight excluding hydrogens is 324 g/mol. The Morgan fingerprint density at radius 3 is 2.46 bits per heavy atom. The molecule has 2 aromatic carbocycles. The van der Waals surface area contributed by atoms with Crippen LogP contribution in [0.3, 0.4) is 0 Å². The number of piperidine rings is 1. The summed E-state index contributed by atoms with van der Waals surface area (Å²) in [5, 5.41) is 1.29. The summed E-state index contributed by atoms with van der Waals surface area (Å²) in [4.78, 5) is 14.8. The number of rotatable bonds is 3. The number of amides is 1. The van der Waals surface area contributed by atoms with Gasteiger partial charge in [0.2, 0.25) is 0 Å². The molecule has 0 radical (unpaired) electrons. The number of hydrogen-bond acceptors (Lipinski definition) is 2. The summed E-state index contributed by atoms with van der Waals surface area (Å²) in [6, 6.07) is 18.3. The fraction of sp³-hybridized carbons (Fsp3) is 0.318. The van der Waals surface area contributed by atoms with Crippen molar-refractivity contribution >= 4 is 16.8 Å². The number of carbonyl (C=O) groups is 1. The number of hydrogen-bond donors (Lipinski definition) is 0. The average molecular weight is 348 g/mol. The number of aromatic nitrogens is 1. The number of para-hydroxylation sites is 2. The largest absolute Gasteiger partial charge is 0.496 e. The normalized spacial score (nSPS) is 15.4. The van der Waals surface area contributed by atoms with E-state index in [1.807, 2.05) is 29.2 Å². The van der Waals surface area contributed by atoms with Crippen LogP contribution in [-0.4, -0.2) is 35.6 Å². The highest BCUT2D eigenvalue weighted by Gasteiger charge is 2.27. The van der Waals surface area contributed by atoms with E-state index in [2.05, 4.69) is 41.9 Å². The van der Waals surface area contributed by atoms with Gasteiger partial charge in [0, 0.05) is 37.3 Å². The number of fused-ring (bicyclic) bond motifs is 1. The molecule has 4 rings (SSSR count). The molecular formula is C22H24N2O2. The van der Waals surface area contributed by atoms with E-state index in [-0.39, 0.29) is 5.91 Å². The predicted molar refractivity (Wildman–Crippen MR) is 104 cm³/mol. The highest BCUT2D eigenvalue weighted by Crippen LogP contribution is 2.32. The molecule has 1 aliphatic heterocycles. The average Bonchev–Trinajstić information content (AvgIpc) is 3.04. The Morgan fingerprint density at radius 2 is 1.73 bits per heavy atom. The third-order valence-corrected chi connectivity index (χ3v) is 5.53. The first kappa shape index (κ1) is 16.7. The van der Waals surface area contributed by atoms with Gasteiger partial charge in [-0.15, -0.1) is 0 Å². The summed E-state index contributed by atoms with van der Waals surface area (Å²) in [7, 11) is 3.75. The van der Waals surface area contributed by atoms with Crippen LogP contribution in [0, 0.1) is 0 Å². The minimum atomic E-state index is 0.0675. The molecule has 4 nitrogen and oxygen atoms in total. The minimum absolute atomic E-state index is 0.0675. The number of ether oxygens (including phenoxy) is 1. The Balaban J connectivity index is 1.50. The summed E-state index contributed by atoms with van der Waals surface area (Å²) in [5.74, 6) is 1.21. The van der Waals surface area contributed by atoms with E-state index < -0.39 is 0 Å². The molecule has 0 spiro atoms. The second-order valence-corrected chi connectivity index (χ2v) is 6.95. The molecule has 1 amide bonds. The number of aryl methyl sites for hydroxylation is 1. The maximum absolute atomic E-state index is 12.9. The lowest BCUT2D eigenvalue weighted by Gasteiger charge is -2.32. The summed E-state index contributed by atoms with van der Waals surface area (Å²) < 4.78 is 7.65. The Bertz CT molecular complexity index is 936. The maximum atomic E-state index is 12.9. The quantitative estimate of drug-likeness (QED) is 0.711. The van der Waals surface area contributed by atoms with Crippen molar-refractivity contribution in [3.05, 3.63) is 65.9 Å². The number of carbonyl (C=O) groups excluding carboxylic acids is 1. The second kappa shape index (κ2) is 6.87. The monoisotopic (exact) mass is 348 g/mol. The van der Waals surface area contributed by atoms with Gasteiger partial charge in [-0.1, -0.05) is 30.3 Å². The predicted octanol–water partition coefficient (Wildman–Crippen LogP) is 4.21. The molecule has 0 aliphatic carbocycles. The number of nitrogens with zero attached hydrogens (tertiary/aromatic N) is 2. The highest BCUT2D eigenvalue weighted by atomic mass is 16.5. The van der Waals surface area contributed by atoms with Crippen molar-refractivity contribution in [3.8, 4) is 5.75 Å². The van der Waals surface area contributed by atoms with Gasteiger partial charge in [0.15, 0.2) is 0 Å². The lowest BCUT2D eigenvalue weighted by molar-refractivity contribution is 0.0708. The van der Waals surface area contributed by atoms with Crippen LogP contribution >= 0.6 is 0 Å². The van der Waals surface area contributed by atoms with Gasteiger partial charge in [-0.05, 0) is 42.5 Å². The van der Waals surface area contributed by atoms with Gasteiger partial charge in [-0.3, -0.25) is 4.79 Å². The number of benzene rings is 2. The van der Waals surface area contributed by atoms with Crippen molar-refractivity contribution < 1.29 is 9.53 Å². The Kier molecular flexibility index (Phi) is 4.41. The van der Waals surface area contributed by atoms with Crippen LogP contribution in [0.1, 0.15) is 34.8 Å². The van der Waals surface area contributed by atoms with Crippen molar-refractivity contribution in [2.24, 2.45) is 7.05 Å². The van der Waals surface area contributed by atoms with Crippen molar-refractivity contribution in [1.82, 2.24) is 9.47 Å². The first-order valence-electron chi connectivity index (χ1n) is 9.15. The first-order valence-corrected chi connectivity index (χ1v) is 9.15. The standard InChI is InChI=1S/C22H24N2O2/c1-23-19-9-5-3-7-17(19)15-20(23)16-11-13-24(14-12-16)22(25)18-8-4-6-10-21(18)26-2/h3-10,15-16H,11-14H2,1-2H3. The van der Waals surface area contributed by atoms with Gasteiger partial charge in [0.25, 0.3) is 5.91 Å². The Labute approximate surface area is 154 Å². The van der Waals surface area contributed by atoms with Gasteiger partial charge in [0.05, 0.1) is 12.7 Å². The molecule has 1 aliphatic rings. The fourth-order valence-corrected chi connectivity index (χ4v) is 4.07. The molecule has 0 unspecified atom stereocenters. The van der Waals surface area contributed by atoms with E-state index in [0.29, 0.717) is 17.2 Å². The fourth-order valence-electron chi connectivity index (χ4n) is 4.07. The van der Waals surface area contributed by atoms with Crippen molar-refractivity contribution in [2.75, 3.05) is 20.2 Å². The van der Waals surface area contributed by atoms with E-state index in [1.165, 1.54) is 16.6 Å². The van der Waals surface area contributed by atoms with Crippen molar-refractivity contribution in [3.63, 3.8) is 0 Å². The lowest BCUT2D eigenvalue weighted by Crippen LogP contribution is -2.38. The van der Waals surface area contributed by atoms with E-state index in [9.17, 15) is 4.79 Å². The van der Waals surface area contributed by atoms with Crippen LogP contribution in [0.25, 0.3) is 10.9 Å². The maximum Gasteiger partial charge on any atom is 0.257 e. The van der Waals surface area contributed by atoms with E-state index >= 15 is 0 Å². The van der Waals surface area contributed by atoms with E-state index in [0.717, 1.165) is 25.9 Å². The van der Waals surface area contributed by atoms with Crippen LogP contribution in [0.5, 0.6) is 5.75 Å². The molecule has 1 saturated heterocycles. The second-order valence-electron chi connectivity index (χ2n) is 6.95. The summed E-state index contributed by atoms with van der Waals surface area (Å²) >= 11 is 0. The van der Waals surface area contributed by atoms with E-state index in [1.54, 1.807) is 7.11 Å². The third-order valence-electron chi connectivity index (χ3n) is 5.53. The molecule has 0 N–H and O–H groups in total.